The number of likely N-dealkylation sites (tertiary alicyclic amines) is 1. The summed E-state index contributed by atoms with van der Waals surface area (Å²) in [6, 6.07) is 8.59. The lowest BCUT2D eigenvalue weighted by Crippen LogP contribution is -2.43. The fourth-order valence-electron chi connectivity index (χ4n) is 2.71. The van der Waals surface area contributed by atoms with Crippen LogP contribution in [0.4, 0.5) is 0 Å². The second kappa shape index (κ2) is 6.89. The van der Waals surface area contributed by atoms with Gasteiger partial charge in [0.2, 0.25) is 0 Å². The summed E-state index contributed by atoms with van der Waals surface area (Å²) in [5.41, 5.74) is 1.07. The zero-order valence-corrected chi connectivity index (χ0v) is 11.8. The lowest BCUT2D eigenvalue weighted by molar-refractivity contribution is -0.137. The molecule has 0 radical (unpaired) electrons. The molecule has 0 bridgehead atoms. The van der Waals surface area contributed by atoms with E-state index in [4.69, 9.17) is 10.4 Å². The molecule has 0 saturated carbocycles. The van der Waals surface area contributed by atoms with E-state index in [9.17, 15) is 9.59 Å². The average molecular weight is 286 g/mol. The standard InChI is InChI=1S/C16H18N2O3/c17-11-12-4-6-13(7-5-12)16(21)18-10-2-1-3-14(18)8-9-15(19)20/h4-7,14H,1-3,8-10H2,(H,19,20). The number of rotatable bonds is 4. The molecule has 1 aromatic carbocycles. The van der Waals surface area contributed by atoms with Crippen molar-refractivity contribution in [2.24, 2.45) is 0 Å². The summed E-state index contributed by atoms with van der Waals surface area (Å²) in [5.74, 6) is -0.902. The summed E-state index contributed by atoms with van der Waals surface area (Å²) < 4.78 is 0. The number of carbonyl (C=O) groups is 2. The summed E-state index contributed by atoms with van der Waals surface area (Å²) in [6.45, 7) is 0.670. The van der Waals surface area contributed by atoms with Gasteiger partial charge in [-0.3, -0.25) is 9.59 Å². The van der Waals surface area contributed by atoms with Crippen LogP contribution in [0.25, 0.3) is 0 Å². The van der Waals surface area contributed by atoms with Crippen molar-refractivity contribution in [1.82, 2.24) is 4.90 Å². The zero-order chi connectivity index (χ0) is 15.2. The third kappa shape index (κ3) is 3.82. The summed E-state index contributed by atoms with van der Waals surface area (Å²) in [6.07, 6.45) is 3.42. The SMILES string of the molecule is N#Cc1ccc(C(=O)N2CCCCC2CCC(=O)O)cc1. The number of carbonyl (C=O) groups excluding carboxylic acids is 1. The predicted molar refractivity (Wildman–Crippen MR) is 76.7 cm³/mol. The van der Waals surface area contributed by atoms with Gasteiger partial charge in [-0.2, -0.15) is 5.26 Å². The first-order valence-electron chi connectivity index (χ1n) is 7.14. The van der Waals surface area contributed by atoms with Gasteiger partial charge in [0.15, 0.2) is 0 Å². The van der Waals surface area contributed by atoms with Gasteiger partial charge in [-0.25, -0.2) is 0 Å². The number of aliphatic carboxylic acids is 1. The maximum absolute atomic E-state index is 12.6. The number of carboxylic acid groups (broad SMARTS) is 1. The fraction of sp³-hybridized carbons (Fsp3) is 0.438. The Morgan fingerprint density at radius 3 is 2.62 bits per heavy atom. The van der Waals surface area contributed by atoms with Crippen LogP contribution in [0.15, 0.2) is 24.3 Å². The largest absolute Gasteiger partial charge is 0.481 e. The Morgan fingerprint density at radius 2 is 2.00 bits per heavy atom. The van der Waals surface area contributed by atoms with E-state index in [0.29, 0.717) is 24.1 Å². The van der Waals surface area contributed by atoms with E-state index < -0.39 is 5.97 Å². The Kier molecular flexibility index (Phi) is 4.94. The molecule has 1 unspecified atom stereocenters. The molecule has 5 nitrogen and oxygen atoms in total. The van der Waals surface area contributed by atoms with Crippen LogP contribution in [0.2, 0.25) is 0 Å². The highest BCUT2D eigenvalue weighted by molar-refractivity contribution is 5.94. The monoisotopic (exact) mass is 286 g/mol. The second-order valence-corrected chi connectivity index (χ2v) is 5.27. The number of carboxylic acids is 1. The molecule has 1 atom stereocenters. The third-order valence-corrected chi connectivity index (χ3v) is 3.84. The van der Waals surface area contributed by atoms with Crippen molar-refractivity contribution < 1.29 is 14.7 Å². The van der Waals surface area contributed by atoms with Crippen LogP contribution in [0.3, 0.4) is 0 Å². The number of benzene rings is 1. The maximum Gasteiger partial charge on any atom is 0.303 e. The highest BCUT2D eigenvalue weighted by Gasteiger charge is 2.27. The molecular weight excluding hydrogens is 268 g/mol. The Balaban J connectivity index is 2.10. The summed E-state index contributed by atoms with van der Waals surface area (Å²) in [7, 11) is 0. The van der Waals surface area contributed by atoms with Gasteiger partial charge in [0.05, 0.1) is 11.6 Å². The first-order chi connectivity index (χ1) is 10.1. The van der Waals surface area contributed by atoms with Gasteiger partial charge in [0.25, 0.3) is 5.91 Å². The van der Waals surface area contributed by atoms with Gasteiger partial charge in [-0.1, -0.05) is 0 Å². The molecule has 0 aliphatic carbocycles. The van der Waals surface area contributed by atoms with E-state index in [1.54, 1.807) is 29.2 Å². The normalized spacial score (nSPS) is 18.0. The fourth-order valence-corrected chi connectivity index (χ4v) is 2.71. The minimum absolute atomic E-state index is 0.00186. The Morgan fingerprint density at radius 1 is 1.29 bits per heavy atom. The van der Waals surface area contributed by atoms with Gasteiger partial charge in [-0.15, -0.1) is 0 Å². The molecule has 1 aliphatic rings. The molecular formula is C16H18N2O3. The van der Waals surface area contributed by atoms with Crippen LogP contribution >= 0.6 is 0 Å². The van der Waals surface area contributed by atoms with Gasteiger partial charge in [-0.05, 0) is 49.9 Å². The Hall–Kier alpha value is -2.35. The van der Waals surface area contributed by atoms with Crippen molar-refractivity contribution in [3.05, 3.63) is 35.4 Å². The van der Waals surface area contributed by atoms with E-state index in [2.05, 4.69) is 0 Å². The minimum atomic E-state index is -0.827. The van der Waals surface area contributed by atoms with Gasteiger partial charge < -0.3 is 10.0 Å². The molecule has 1 aliphatic heterocycles. The number of amides is 1. The van der Waals surface area contributed by atoms with Crippen LogP contribution < -0.4 is 0 Å². The molecule has 1 heterocycles. The number of nitriles is 1. The van der Waals surface area contributed by atoms with E-state index >= 15 is 0 Å². The van der Waals surface area contributed by atoms with Crippen LogP contribution in [0, 0.1) is 11.3 Å². The van der Waals surface area contributed by atoms with Crippen molar-refractivity contribution in [1.29, 1.82) is 5.26 Å². The second-order valence-electron chi connectivity index (χ2n) is 5.27. The molecule has 0 aromatic heterocycles. The molecule has 1 aromatic rings. The molecule has 1 amide bonds. The van der Waals surface area contributed by atoms with Gasteiger partial charge >= 0.3 is 5.97 Å². The number of piperidine rings is 1. The molecule has 110 valence electrons. The summed E-state index contributed by atoms with van der Waals surface area (Å²) in [4.78, 5) is 25.1. The molecule has 1 saturated heterocycles. The molecule has 5 heteroatoms. The summed E-state index contributed by atoms with van der Waals surface area (Å²) in [5, 5.41) is 17.6. The average Bonchev–Trinajstić information content (AvgIpc) is 2.52. The lowest BCUT2D eigenvalue weighted by Gasteiger charge is -2.35. The van der Waals surface area contributed by atoms with E-state index in [0.717, 1.165) is 19.3 Å². The first-order valence-corrected chi connectivity index (χ1v) is 7.14. The number of nitrogens with zero attached hydrogens (tertiary/aromatic N) is 2. The highest BCUT2D eigenvalue weighted by atomic mass is 16.4. The minimum Gasteiger partial charge on any atom is -0.481 e. The topological polar surface area (TPSA) is 81.4 Å². The van der Waals surface area contributed by atoms with E-state index in [-0.39, 0.29) is 18.4 Å². The molecule has 1 fully saturated rings. The molecule has 0 spiro atoms. The van der Waals surface area contributed by atoms with Crippen LogP contribution in [0.5, 0.6) is 0 Å². The third-order valence-electron chi connectivity index (χ3n) is 3.84. The smallest absolute Gasteiger partial charge is 0.303 e. The van der Waals surface area contributed by atoms with Crippen LogP contribution in [0.1, 0.15) is 48.0 Å². The zero-order valence-electron chi connectivity index (χ0n) is 11.8. The summed E-state index contributed by atoms with van der Waals surface area (Å²) >= 11 is 0. The predicted octanol–water partition coefficient (Wildman–Crippen LogP) is 2.42. The van der Waals surface area contributed by atoms with Crippen LogP contribution in [-0.4, -0.2) is 34.5 Å². The highest BCUT2D eigenvalue weighted by Crippen LogP contribution is 2.23. The van der Waals surface area contributed by atoms with E-state index in [1.165, 1.54) is 0 Å². The van der Waals surface area contributed by atoms with Crippen molar-refractivity contribution in [3.63, 3.8) is 0 Å². The maximum atomic E-state index is 12.6. The molecule has 2 rings (SSSR count). The quantitative estimate of drug-likeness (QED) is 0.921. The lowest BCUT2D eigenvalue weighted by atomic mass is 9.96. The van der Waals surface area contributed by atoms with Crippen molar-refractivity contribution in [2.75, 3.05) is 6.54 Å². The van der Waals surface area contributed by atoms with Crippen LogP contribution in [-0.2, 0) is 4.79 Å². The van der Waals surface area contributed by atoms with Gasteiger partial charge in [0.1, 0.15) is 0 Å². The molecule has 21 heavy (non-hydrogen) atoms. The first kappa shape index (κ1) is 15.0. The molecule has 1 N–H and O–H groups in total. The Bertz CT molecular complexity index is 560. The number of hydrogen-bond acceptors (Lipinski definition) is 3. The van der Waals surface area contributed by atoms with Crippen molar-refractivity contribution in [3.8, 4) is 6.07 Å². The van der Waals surface area contributed by atoms with E-state index in [1.807, 2.05) is 6.07 Å². The van der Waals surface area contributed by atoms with Gasteiger partial charge in [0, 0.05) is 24.6 Å². The van der Waals surface area contributed by atoms with Crippen molar-refractivity contribution in [2.45, 2.75) is 38.1 Å². The number of hydrogen-bond donors (Lipinski definition) is 1. The van der Waals surface area contributed by atoms with Crippen molar-refractivity contribution >= 4 is 11.9 Å². The Labute approximate surface area is 123 Å².